The van der Waals surface area contributed by atoms with Gasteiger partial charge in [0.25, 0.3) is 0 Å². The predicted molar refractivity (Wildman–Crippen MR) is 92.2 cm³/mol. The highest BCUT2D eigenvalue weighted by Gasteiger charge is 2.28. The Hall–Kier alpha value is -1.57. The van der Waals surface area contributed by atoms with E-state index < -0.39 is 0 Å². The molecule has 24 heavy (non-hydrogen) atoms. The first-order chi connectivity index (χ1) is 11.2. The standard InChI is InChI=1S/C19H28NO3.ClH/c1-5-20(12-8-9-13-20)11-7-6-10-16-14-17(21-2)19(23-4)18(15-16)22-3;/h14-15H,5,7-9,11-13H2,1-4H3;1H/q+1;/p-1. The number of benzene rings is 1. The van der Waals surface area contributed by atoms with E-state index in [2.05, 4.69) is 18.8 Å². The highest BCUT2D eigenvalue weighted by Crippen LogP contribution is 2.37. The third-order valence-electron chi connectivity index (χ3n) is 4.79. The van der Waals surface area contributed by atoms with E-state index in [-0.39, 0.29) is 12.4 Å². The minimum Gasteiger partial charge on any atom is -1.00 e. The average molecular weight is 354 g/mol. The van der Waals surface area contributed by atoms with Gasteiger partial charge in [-0.1, -0.05) is 11.8 Å². The molecule has 0 atom stereocenters. The van der Waals surface area contributed by atoms with Gasteiger partial charge in [0, 0.05) is 18.4 Å². The number of hydrogen-bond donors (Lipinski definition) is 0. The minimum atomic E-state index is 0. The van der Waals surface area contributed by atoms with Crippen molar-refractivity contribution >= 4 is 0 Å². The van der Waals surface area contributed by atoms with Gasteiger partial charge >= 0.3 is 0 Å². The second-order valence-corrected chi connectivity index (χ2v) is 6.00. The Morgan fingerprint density at radius 1 is 1.00 bits per heavy atom. The fourth-order valence-electron chi connectivity index (χ4n) is 3.32. The number of ether oxygens (including phenoxy) is 3. The summed E-state index contributed by atoms with van der Waals surface area (Å²) < 4.78 is 17.3. The van der Waals surface area contributed by atoms with Crippen LogP contribution in [0.3, 0.4) is 0 Å². The van der Waals surface area contributed by atoms with Crippen LogP contribution >= 0.6 is 0 Å². The Kier molecular flexibility index (Phi) is 8.24. The van der Waals surface area contributed by atoms with Crippen LogP contribution in [0.25, 0.3) is 0 Å². The van der Waals surface area contributed by atoms with Crippen molar-refractivity contribution in [2.75, 3.05) is 47.5 Å². The first-order valence-electron chi connectivity index (χ1n) is 8.32. The fraction of sp³-hybridized carbons (Fsp3) is 0.579. The summed E-state index contributed by atoms with van der Waals surface area (Å²) in [6.45, 7) is 7.27. The lowest BCUT2D eigenvalue weighted by Gasteiger charge is -2.32. The predicted octanol–water partition coefficient (Wildman–Crippen LogP) is 0.0885. The van der Waals surface area contributed by atoms with Crippen molar-refractivity contribution in [1.29, 1.82) is 0 Å². The van der Waals surface area contributed by atoms with E-state index in [0.29, 0.717) is 17.2 Å². The van der Waals surface area contributed by atoms with E-state index >= 15 is 0 Å². The summed E-state index contributed by atoms with van der Waals surface area (Å²) in [7, 11) is 4.85. The van der Waals surface area contributed by atoms with Crippen LogP contribution in [-0.2, 0) is 0 Å². The molecule has 5 heteroatoms. The van der Waals surface area contributed by atoms with Crippen molar-refractivity contribution in [1.82, 2.24) is 0 Å². The van der Waals surface area contributed by atoms with Crippen LogP contribution in [0.2, 0.25) is 0 Å². The molecule has 0 aromatic heterocycles. The molecule has 1 aliphatic rings. The number of hydrogen-bond acceptors (Lipinski definition) is 3. The Balaban J connectivity index is 0.00000288. The van der Waals surface area contributed by atoms with Crippen LogP contribution in [0.15, 0.2) is 12.1 Å². The van der Waals surface area contributed by atoms with Gasteiger partial charge in [-0.2, -0.15) is 0 Å². The zero-order chi connectivity index (χ0) is 16.7. The normalized spacial score (nSPS) is 15.0. The summed E-state index contributed by atoms with van der Waals surface area (Å²) in [6.07, 6.45) is 3.63. The molecular formula is C19H28ClNO3. The highest BCUT2D eigenvalue weighted by atomic mass is 35.5. The molecule has 2 rings (SSSR count). The maximum absolute atomic E-state index is 5.36. The number of nitrogens with zero attached hydrogens (tertiary/aromatic N) is 1. The van der Waals surface area contributed by atoms with E-state index in [1.54, 1.807) is 21.3 Å². The molecule has 0 saturated carbocycles. The fourth-order valence-corrected chi connectivity index (χ4v) is 3.32. The second-order valence-electron chi connectivity index (χ2n) is 6.00. The largest absolute Gasteiger partial charge is 1.00 e. The van der Waals surface area contributed by atoms with Crippen LogP contribution in [0.1, 0.15) is 31.7 Å². The van der Waals surface area contributed by atoms with Crippen molar-refractivity contribution < 1.29 is 31.1 Å². The number of rotatable bonds is 6. The molecule has 1 aromatic rings. The van der Waals surface area contributed by atoms with E-state index in [1.165, 1.54) is 37.0 Å². The van der Waals surface area contributed by atoms with Crippen molar-refractivity contribution in [3.8, 4) is 29.1 Å². The molecule has 1 heterocycles. The van der Waals surface area contributed by atoms with Gasteiger partial charge < -0.3 is 31.1 Å². The monoisotopic (exact) mass is 353 g/mol. The maximum atomic E-state index is 5.36. The lowest BCUT2D eigenvalue weighted by molar-refractivity contribution is -0.914. The van der Waals surface area contributed by atoms with Crippen LogP contribution in [0, 0.1) is 11.8 Å². The number of halogens is 1. The molecule has 0 N–H and O–H groups in total. The van der Waals surface area contributed by atoms with Gasteiger partial charge in [0.15, 0.2) is 11.5 Å². The van der Waals surface area contributed by atoms with Crippen LogP contribution in [-0.4, -0.2) is 52.0 Å². The Bertz CT molecular complexity index is 561. The second kappa shape index (κ2) is 9.66. The third kappa shape index (κ3) is 4.72. The van der Waals surface area contributed by atoms with Crippen molar-refractivity contribution in [2.45, 2.75) is 26.2 Å². The van der Waals surface area contributed by atoms with E-state index in [0.717, 1.165) is 18.5 Å². The van der Waals surface area contributed by atoms with Gasteiger partial charge in [-0.15, -0.1) is 0 Å². The topological polar surface area (TPSA) is 27.7 Å². The van der Waals surface area contributed by atoms with E-state index in [9.17, 15) is 0 Å². The van der Waals surface area contributed by atoms with Gasteiger partial charge in [-0.25, -0.2) is 0 Å². The molecule has 4 nitrogen and oxygen atoms in total. The zero-order valence-corrected chi connectivity index (χ0v) is 15.9. The summed E-state index contributed by atoms with van der Waals surface area (Å²) >= 11 is 0. The summed E-state index contributed by atoms with van der Waals surface area (Å²) in [5.41, 5.74) is 0.893. The number of quaternary nitrogens is 1. The Morgan fingerprint density at radius 2 is 1.58 bits per heavy atom. The average Bonchev–Trinajstić information content (AvgIpc) is 3.07. The van der Waals surface area contributed by atoms with Crippen molar-refractivity contribution in [3.05, 3.63) is 17.7 Å². The molecule has 0 bridgehead atoms. The van der Waals surface area contributed by atoms with E-state index in [1.807, 2.05) is 12.1 Å². The van der Waals surface area contributed by atoms with E-state index in [4.69, 9.17) is 14.2 Å². The smallest absolute Gasteiger partial charge is 0.203 e. The van der Waals surface area contributed by atoms with Crippen LogP contribution < -0.4 is 26.6 Å². The molecule has 0 aliphatic carbocycles. The van der Waals surface area contributed by atoms with Gasteiger partial charge in [-0.05, 0) is 19.1 Å². The van der Waals surface area contributed by atoms with Crippen LogP contribution in [0.5, 0.6) is 17.2 Å². The minimum absolute atomic E-state index is 0. The summed E-state index contributed by atoms with van der Waals surface area (Å²) in [5, 5.41) is 0. The molecule has 1 fully saturated rings. The first kappa shape index (κ1) is 20.5. The molecule has 1 aromatic carbocycles. The van der Waals surface area contributed by atoms with Crippen molar-refractivity contribution in [3.63, 3.8) is 0 Å². The highest BCUT2D eigenvalue weighted by molar-refractivity contribution is 5.57. The molecule has 0 amide bonds. The molecule has 1 aliphatic heterocycles. The molecule has 0 radical (unpaired) electrons. The molecule has 0 unspecified atom stereocenters. The lowest BCUT2D eigenvalue weighted by atomic mass is 10.1. The third-order valence-corrected chi connectivity index (χ3v) is 4.79. The molecule has 134 valence electrons. The van der Waals surface area contributed by atoms with Gasteiger partial charge in [0.1, 0.15) is 0 Å². The molecular weight excluding hydrogens is 326 g/mol. The summed E-state index contributed by atoms with van der Waals surface area (Å²) in [4.78, 5) is 0. The van der Waals surface area contributed by atoms with Gasteiger partial charge in [0.2, 0.25) is 5.75 Å². The summed E-state index contributed by atoms with van der Waals surface area (Å²) in [5.74, 6) is 8.44. The first-order valence-corrected chi connectivity index (χ1v) is 8.32. The Labute approximate surface area is 152 Å². The quantitative estimate of drug-likeness (QED) is 0.536. The van der Waals surface area contributed by atoms with Gasteiger partial charge in [0.05, 0.1) is 53.9 Å². The summed E-state index contributed by atoms with van der Waals surface area (Å²) in [6, 6.07) is 3.79. The van der Waals surface area contributed by atoms with Crippen molar-refractivity contribution in [2.24, 2.45) is 0 Å². The SMILES string of the molecule is CC[N+]1(CCC#Cc2cc(OC)c(OC)c(OC)c2)CCCC1.[Cl-]. The van der Waals surface area contributed by atoms with Gasteiger partial charge in [-0.3, -0.25) is 0 Å². The zero-order valence-electron chi connectivity index (χ0n) is 15.2. The number of methoxy groups -OCH3 is 3. The lowest BCUT2D eigenvalue weighted by Crippen LogP contribution is -3.00. The Morgan fingerprint density at radius 3 is 2.04 bits per heavy atom. The maximum Gasteiger partial charge on any atom is 0.203 e. The molecule has 0 spiro atoms. The number of likely N-dealkylation sites (tertiary alicyclic amines) is 1. The molecule has 1 saturated heterocycles. The van der Waals surface area contributed by atoms with Crippen LogP contribution in [0.4, 0.5) is 0 Å².